The van der Waals surface area contributed by atoms with Gasteiger partial charge >= 0.3 is 0 Å². The van der Waals surface area contributed by atoms with E-state index in [1.807, 2.05) is 49.4 Å². The zero-order valence-corrected chi connectivity index (χ0v) is 21.6. The number of piperidine rings is 1. The van der Waals surface area contributed by atoms with Gasteiger partial charge in [0.15, 0.2) is 5.65 Å². The normalized spacial score (nSPS) is 14.6. The monoisotopic (exact) mass is 493 g/mol. The molecule has 0 aromatic carbocycles. The molecule has 36 heavy (non-hydrogen) atoms. The zero-order chi connectivity index (χ0) is 26.0. The van der Waals surface area contributed by atoms with Crippen LogP contribution in [-0.4, -0.2) is 63.1 Å². The number of aryl methyl sites for hydroxylation is 2. The van der Waals surface area contributed by atoms with E-state index >= 15 is 0 Å². The third-order valence-corrected chi connectivity index (χ3v) is 6.83. The largest absolute Gasteiger partial charge is 0.348 e. The number of carbonyl (C=O) groups is 2. The summed E-state index contributed by atoms with van der Waals surface area (Å²) in [4.78, 5) is 47.7. The quantitative estimate of drug-likeness (QED) is 0.463. The van der Waals surface area contributed by atoms with Gasteiger partial charge in [-0.05, 0) is 65.3 Å². The molecule has 1 saturated heterocycles. The van der Waals surface area contributed by atoms with E-state index in [2.05, 4.69) is 20.7 Å². The van der Waals surface area contributed by atoms with Crippen molar-refractivity contribution in [2.24, 2.45) is 0 Å². The van der Waals surface area contributed by atoms with Crippen molar-refractivity contribution in [3.8, 4) is 0 Å². The SMILES string of the molecule is CNCC(=O)N1CCC(c2cc(C(=O)NCc3c(C)cc(C)[nH]c3=O)c3cnn(C(C)C)c3n2)CC1. The first kappa shape index (κ1) is 25.6. The maximum atomic E-state index is 13.4. The highest BCUT2D eigenvalue weighted by Crippen LogP contribution is 2.30. The van der Waals surface area contributed by atoms with Crippen LogP contribution < -0.4 is 16.2 Å². The molecule has 0 unspecified atom stereocenters. The number of carbonyl (C=O) groups excluding carboxylic acids is 2. The maximum absolute atomic E-state index is 13.4. The van der Waals surface area contributed by atoms with Crippen molar-refractivity contribution < 1.29 is 9.59 Å². The lowest BCUT2D eigenvalue weighted by Crippen LogP contribution is -2.42. The summed E-state index contributed by atoms with van der Waals surface area (Å²) in [6.07, 6.45) is 3.25. The molecule has 4 heterocycles. The zero-order valence-electron chi connectivity index (χ0n) is 21.6. The fraction of sp³-hybridized carbons (Fsp3) is 0.500. The van der Waals surface area contributed by atoms with E-state index in [-0.39, 0.29) is 35.9 Å². The topological polar surface area (TPSA) is 125 Å². The molecule has 0 spiro atoms. The van der Waals surface area contributed by atoms with Gasteiger partial charge in [0, 0.05) is 48.5 Å². The van der Waals surface area contributed by atoms with E-state index < -0.39 is 0 Å². The molecule has 0 bridgehead atoms. The van der Waals surface area contributed by atoms with Gasteiger partial charge in [0.25, 0.3) is 11.5 Å². The van der Waals surface area contributed by atoms with Crippen molar-refractivity contribution in [1.82, 2.24) is 35.3 Å². The van der Waals surface area contributed by atoms with E-state index in [0.717, 1.165) is 29.8 Å². The van der Waals surface area contributed by atoms with Crippen molar-refractivity contribution >= 4 is 22.8 Å². The first-order valence-electron chi connectivity index (χ1n) is 12.5. The number of likely N-dealkylation sites (N-methyl/N-ethyl adjacent to an activating group) is 1. The summed E-state index contributed by atoms with van der Waals surface area (Å²) in [5.41, 5.74) is 3.97. The van der Waals surface area contributed by atoms with Crippen LogP contribution in [-0.2, 0) is 11.3 Å². The van der Waals surface area contributed by atoms with Crippen LogP contribution in [0.15, 0.2) is 23.1 Å². The lowest BCUT2D eigenvalue weighted by Gasteiger charge is -2.32. The molecule has 192 valence electrons. The van der Waals surface area contributed by atoms with E-state index in [9.17, 15) is 14.4 Å². The van der Waals surface area contributed by atoms with E-state index in [1.165, 1.54) is 0 Å². The predicted octanol–water partition coefficient (Wildman–Crippen LogP) is 2.17. The van der Waals surface area contributed by atoms with E-state index in [1.54, 1.807) is 13.2 Å². The Bertz CT molecular complexity index is 1330. The highest BCUT2D eigenvalue weighted by Gasteiger charge is 2.27. The first-order valence-corrected chi connectivity index (χ1v) is 12.5. The molecule has 0 atom stereocenters. The van der Waals surface area contributed by atoms with Gasteiger partial charge in [-0.25, -0.2) is 9.67 Å². The average molecular weight is 494 g/mol. The molecule has 10 nitrogen and oxygen atoms in total. The van der Waals surface area contributed by atoms with Crippen LogP contribution in [0, 0.1) is 13.8 Å². The molecule has 0 aliphatic carbocycles. The van der Waals surface area contributed by atoms with Gasteiger partial charge in [-0.15, -0.1) is 0 Å². The number of nitrogens with zero attached hydrogens (tertiary/aromatic N) is 4. The third-order valence-electron chi connectivity index (χ3n) is 6.83. The van der Waals surface area contributed by atoms with Crippen LogP contribution in [0.25, 0.3) is 11.0 Å². The number of fused-ring (bicyclic) bond motifs is 1. The predicted molar refractivity (Wildman–Crippen MR) is 138 cm³/mol. The highest BCUT2D eigenvalue weighted by molar-refractivity contribution is 6.05. The molecule has 0 saturated carbocycles. The summed E-state index contributed by atoms with van der Waals surface area (Å²) in [6, 6.07) is 3.83. The van der Waals surface area contributed by atoms with Crippen LogP contribution >= 0.6 is 0 Å². The van der Waals surface area contributed by atoms with E-state index in [4.69, 9.17) is 4.98 Å². The average Bonchev–Trinajstić information content (AvgIpc) is 3.27. The van der Waals surface area contributed by atoms with Crippen LogP contribution in [0.2, 0.25) is 0 Å². The van der Waals surface area contributed by atoms with Gasteiger partial charge < -0.3 is 20.5 Å². The van der Waals surface area contributed by atoms with Crippen molar-refractivity contribution in [1.29, 1.82) is 0 Å². The van der Waals surface area contributed by atoms with E-state index in [0.29, 0.717) is 41.8 Å². The lowest BCUT2D eigenvalue weighted by atomic mass is 9.91. The second-order valence-corrected chi connectivity index (χ2v) is 9.83. The molecular weight excluding hydrogens is 458 g/mol. The van der Waals surface area contributed by atoms with Gasteiger partial charge in [-0.1, -0.05) is 0 Å². The van der Waals surface area contributed by atoms with Crippen molar-refractivity contribution in [3.05, 3.63) is 56.8 Å². The molecule has 3 N–H and O–H groups in total. The molecule has 0 radical (unpaired) electrons. The van der Waals surface area contributed by atoms with Gasteiger partial charge in [-0.3, -0.25) is 14.4 Å². The fourth-order valence-corrected chi connectivity index (χ4v) is 4.87. The molecule has 1 aliphatic rings. The second kappa shape index (κ2) is 10.6. The highest BCUT2D eigenvalue weighted by atomic mass is 16.2. The Morgan fingerprint density at radius 1 is 1.19 bits per heavy atom. The standard InChI is InChI=1S/C26H35N7O3/c1-15(2)33-24-21(13-29-33)19(25(35)28-12-20-16(3)10-17(4)30-26(20)36)11-22(31-24)18-6-8-32(9-7-18)23(34)14-27-5/h10-11,13,15,18,27H,6-9,12,14H2,1-5H3,(H,28,35)(H,30,36). The summed E-state index contributed by atoms with van der Waals surface area (Å²) < 4.78 is 1.83. The minimum atomic E-state index is -0.270. The van der Waals surface area contributed by atoms with Crippen molar-refractivity contribution in [2.75, 3.05) is 26.7 Å². The number of aromatic nitrogens is 4. The Balaban J connectivity index is 1.62. The second-order valence-electron chi connectivity index (χ2n) is 9.83. The smallest absolute Gasteiger partial charge is 0.253 e. The molecule has 1 aliphatic heterocycles. The first-order chi connectivity index (χ1) is 17.2. The maximum Gasteiger partial charge on any atom is 0.253 e. The van der Waals surface area contributed by atoms with Crippen LogP contribution in [0.1, 0.15) is 71.5 Å². The fourth-order valence-electron chi connectivity index (χ4n) is 4.87. The number of amides is 2. The Morgan fingerprint density at radius 3 is 2.56 bits per heavy atom. The van der Waals surface area contributed by atoms with Crippen molar-refractivity contribution in [2.45, 2.75) is 59.0 Å². The molecule has 10 heteroatoms. The lowest BCUT2D eigenvalue weighted by molar-refractivity contribution is -0.131. The minimum Gasteiger partial charge on any atom is -0.348 e. The number of H-pyrrole nitrogens is 1. The molecule has 4 rings (SSSR count). The van der Waals surface area contributed by atoms with Gasteiger partial charge in [0.1, 0.15) is 0 Å². The molecule has 1 fully saturated rings. The Labute approximate surface area is 210 Å². The summed E-state index contributed by atoms with van der Waals surface area (Å²) in [5.74, 6) is -0.0380. The molecule has 2 amide bonds. The Hall–Kier alpha value is -3.53. The molecular formula is C26H35N7O3. The summed E-state index contributed by atoms with van der Waals surface area (Å²) in [7, 11) is 1.77. The third kappa shape index (κ3) is 5.18. The number of hydrogen-bond donors (Lipinski definition) is 3. The molecule has 3 aromatic rings. The van der Waals surface area contributed by atoms with Crippen molar-refractivity contribution in [3.63, 3.8) is 0 Å². The number of pyridine rings is 2. The van der Waals surface area contributed by atoms with Gasteiger partial charge in [0.2, 0.25) is 5.91 Å². The van der Waals surface area contributed by atoms with Gasteiger partial charge in [-0.2, -0.15) is 5.10 Å². The number of rotatable bonds is 7. The van der Waals surface area contributed by atoms with Gasteiger partial charge in [0.05, 0.1) is 23.7 Å². The summed E-state index contributed by atoms with van der Waals surface area (Å²) in [5, 5.41) is 11.0. The molecule has 3 aromatic heterocycles. The van der Waals surface area contributed by atoms with Crippen LogP contribution in [0.3, 0.4) is 0 Å². The number of aromatic amines is 1. The number of nitrogens with one attached hydrogen (secondary N) is 3. The Morgan fingerprint density at radius 2 is 1.92 bits per heavy atom. The summed E-state index contributed by atoms with van der Waals surface area (Å²) in [6.45, 7) is 9.53. The number of likely N-dealkylation sites (tertiary alicyclic amines) is 1. The number of hydrogen-bond acceptors (Lipinski definition) is 6. The minimum absolute atomic E-state index is 0.0796. The van der Waals surface area contributed by atoms with Crippen LogP contribution in [0.4, 0.5) is 0 Å². The Kier molecular flexibility index (Phi) is 7.53. The summed E-state index contributed by atoms with van der Waals surface area (Å²) >= 11 is 0. The van der Waals surface area contributed by atoms with Crippen LogP contribution in [0.5, 0.6) is 0 Å².